The summed E-state index contributed by atoms with van der Waals surface area (Å²) in [6, 6.07) is 16.8. The molecule has 0 fully saturated rings. The van der Waals surface area contributed by atoms with Crippen LogP contribution in [0.4, 0.5) is 0 Å². The molecule has 1 amide bonds. The Hall–Kier alpha value is -2.05. The first-order valence-electron chi connectivity index (χ1n) is 9.79. The van der Waals surface area contributed by atoms with E-state index in [1.54, 1.807) is 32.6 Å². The van der Waals surface area contributed by atoms with Gasteiger partial charge in [0.25, 0.3) is 0 Å². The van der Waals surface area contributed by atoms with Crippen LogP contribution in [-0.4, -0.2) is 26.3 Å². The smallest absolute Gasteiger partial charge is 0.244 e. The summed E-state index contributed by atoms with van der Waals surface area (Å²) in [6.45, 7) is 0.380. The molecule has 0 saturated carbocycles. The fraction of sp³-hybridized carbons (Fsp3) is 0.167. The lowest BCUT2D eigenvalue weighted by Crippen LogP contribution is -2.19. The number of carbonyl (C=O) groups excluding carboxylic acids is 1. The van der Waals surface area contributed by atoms with Gasteiger partial charge in [0.05, 0.1) is 34.0 Å². The Morgan fingerprint density at radius 3 is 2.39 bits per heavy atom. The average Bonchev–Trinajstić information content (AvgIpc) is 2.79. The molecule has 0 aliphatic rings. The van der Waals surface area contributed by atoms with Crippen molar-refractivity contribution in [1.82, 2.24) is 5.43 Å². The minimum absolute atomic E-state index is 0.168. The summed E-state index contributed by atoms with van der Waals surface area (Å²) < 4.78 is 18.4. The Labute approximate surface area is 224 Å². The van der Waals surface area contributed by atoms with E-state index in [4.69, 9.17) is 25.8 Å². The summed E-state index contributed by atoms with van der Waals surface area (Å²) in [4.78, 5) is 12.3. The van der Waals surface area contributed by atoms with Crippen LogP contribution in [-0.2, 0) is 17.8 Å². The van der Waals surface area contributed by atoms with Gasteiger partial charge in [0.2, 0.25) is 5.91 Å². The van der Waals surface area contributed by atoms with Crippen molar-refractivity contribution in [2.45, 2.75) is 13.0 Å². The van der Waals surface area contributed by atoms with E-state index in [0.717, 1.165) is 29.6 Å². The standard InChI is InChI=1S/C24H21ClI2N2O4/c1-31-21-8-7-15(11-22(21)32-2)12-23(30)29-28-13-16-9-19(26)24(20(27)10-16)33-14-17-5-3-4-6-18(17)25/h3-11,13H,12,14H2,1-2H3,(H,29,30)/b28-13+. The van der Waals surface area contributed by atoms with E-state index in [2.05, 4.69) is 55.7 Å². The van der Waals surface area contributed by atoms with Crippen molar-refractivity contribution in [2.24, 2.45) is 5.10 Å². The Morgan fingerprint density at radius 2 is 1.73 bits per heavy atom. The molecular formula is C24H21ClI2N2O4. The maximum atomic E-state index is 12.3. The van der Waals surface area contributed by atoms with Crippen molar-refractivity contribution in [2.75, 3.05) is 14.2 Å². The number of ether oxygens (including phenoxy) is 3. The largest absolute Gasteiger partial charge is 0.493 e. The predicted molar refractivity (Wildman–Crippen MR) is 147 cm³/mol. The van der Waals surface area contributed by atoms with Gasteiger partial charge in [-0.25, -0.2) is 5.43 Å². The van der Waals surface area contributed by atoms with E-state index in [-0.39, 0.29) is 12.3 Å². The molecule has 0 atom stereocenters. The number of halogens is 3. The van der Waals surface area contributed by atoms with Crippen molar-refractivity contribution >= 4 is 68.9 Å². The van der Waals surface area contributed by atoms with Crippen LogP contribution >= 0.6 is 56.8 Å². The highest BCUT2D eigenvalue weighted by Crippen LogP contribution is 2.30. The topological polar surface area (TPSA) is 69.2 Å². The highest BCUT2D eigenvalue weighted by atomic mass is 127. The fourth-order valence-electron chi connectivity index (χ4n) is 2.95. The first-order valence-corrected chi connectivity index (χ1v) is 12.3. The van der Waals surface area contributed by atoms with Crippen molar-refractivity contribution in [3.8, 4) is 17.2 Å². The zero-order chi connectivity index (χ0) is 23.8. The molecular weight excluding hydrogens is 670 g/mol. The van der Waals surface area contributed by atoms with Gasteiger partial charge in [-0.2, -0.15) is 5.10 Å². The number of nitrogens with zero attached hydrogens (tertiary/aromatic N) is 1. The second-order valence-electron chi connectivity index (χ2n) is 6.85. The molecule has 3 aromatic rings. The molecule has 1 N–H and O–H groups in total. The molecule has 172 valence electrons. The lowest BCUT2D eigenvalue weighted by molar-refractivity contribution is -0.120. The third kappa shape index (κ3) is 7.21. The maximum absolute atomic E-state index is 12.3. The summed E-state index contributed by atoms with van der Waals surface area (Å²) in [5.41, 5.74) is 5.13. The maximum Gasteiger partial charge on any atom is 0.244 e. The Kier molecular flexibility index (Phi) is 9.63. The zero-order valence-corrected chi connectivity index (χ0v) is 23.0. The summed E-state index contributed by atoms with van der Waals surface area (Å²) in [5, 5.41) is 4.76. The number of benzene rings is 3. The van der Waals surface area contributed by atoms with E-state index in [0.29, 0.717) is 23.1 Å². The van der Waals surface area contributed by atoms with Gasteiger partial charge in [-0.15, -0.1) is 0 Å². The fourth-order valence-corrected chi connectivity index (χ4v) is 5.27. The molecule has 6 nitrogen and oxygen atoms in total. The third-order valence-corrected chi connectivity index (χ3v) is 6.54. The summed E-state index contributed by atoms with van der Waals surface area (Å²) in [6.07, 6.45) is 1.77. The van der Waals surface area contributed by atoms with E-state index in [9.17, 15) is 4.79 Å². The minimum atomic E-state index is -0.234. The molecule has 0 radical (unpaired) electrons. The third-order valence-electron chi connectivity index (χ3n) is 4.57. The number of hydrogen-bond acceptors (Lipinski definition) is 5. The summed E-state index contributed by atoms with van der Waals surface area (Å²) >= 11 is 10.7. The van der Waals surface area contributed by atoms with Crippen LogP contribution < -0.4 is 19.6 Å². The first-order chi connectivity index (χ1) is 15.9. The molecule has 0 aromatic heterocycles. The van der Waals surface area contributed by atoms with Crippen LogP contribution in [0, 0.1) is 7.14 Å². The van der Waals surface area contributed by atoms with Crippen molar-refractivity contribution in [3.63, 3.8) is 0 Å². The number of methoxy groups -OCH3 is 2. The Bertz CT molecular complexity index is 1150. The molecule has 0 heterocycles. The molecule has 3 rings (SSSR count). The number of amides is 1. The van der Waals surface area contributed by atoms with Crippen LogP contribution in [0.15, 0.2) is 59.7 Å². The minimum Gasteiger partial charge on any atom is -0.493 e. The van der Waals surface area contributed by atoms with Crippen molar-refractivity contribution < 1.29 is 19.0 Å². The van der Waals surface area contributed by atoms with Gasteiger partial charge in [0.1, 0.15) is 12.4 Å². The molecule has 0 aliphatic carbocycles. The van der Waals surface area contributed by atoms with E-state index >= 15 is 0 Å². The highest BCUT2D eigenvalue weighted by Gasteiger charge is 2.11. The summed E-state index contributed by atoms with van der Waals surface area (Å²) in [5.74, 6) is 1.74. The van der Waals surface area contributed by atoms with Gasteiger partial charge in [-0.05, 0) is 86.6 Å². The average molecular weight is 691 g/mol. The van der Waals surface area contributed by atoms with Crippen LogP contribution in [0.1, 0.15) is 16.7 Å². The van der Waals surface area contributed by atoms with Crippen LogP contribution in [0.25, 0.3) is 0 Å². The SMILES string of the molecule is COc1ccc(CC(=O)N/N=C/c2cc(I)c(OCc3ccccc3Cl)c(I)c2)cc1OC. The van der Waals surface area contributed by atoms with E-state index in [1.165, 1.54) is 0 Å². The number of carbonyl (C=O) groups is 1. The summed E-state index contributed by atoms with van der Waals surface area (Å²) in [7, 11) is 3.13. The molecule has 0 saturated heterocycles. The van der Waals surface area contributed by atoms with Crippen molar-refractivity contribution in [1.29, 1.82) is 0 Å². The quantitative estimate of drug-likeness (QED) is 0.174. The van der Waals surface area contributed by atoms with Gasteiger partial charge >= 0.3 is 0 Å². The second kappa shape index (κ2) is 12.4. The lowest BCUT2D eigenvalue weighted by atomic mass is 10.1. The molecule has 0 bridgehead atoms. The zero-order valence-electron chi connectivity index (χ0n) is 17.9. The Balaban J connectivity index is 1.60. The highest BCUT2D eigenvalue weighted by molar-refractivity contribution is 14.1. The first kappa shape index (κ1) is 25.6. The molecule has 33 heavy (non-hydrogen) atoms. The van der Waals surface area contributed by atoms with E-state index in [1.807, 2.05) is 42.5 Å². The van der Waals surface area contributed by atoms with Gasteiger partial charge in [0, 0.05) is 10.6 Å². The number of nitrogens with one attached hydrogen (secondary N) is 1. The van der Waals surface area contributed by atoms with E-state index < -0.39 is 0 Å². The van der Waals surface area contributed by atoms with Gasteiger partial charge < -0.3 is 14.2 Å². The molecule has 3 aromatic carbocycles. The van der Waals surface area contributed by atoms with Crippen LogP contribution in [0.5, 0.6) is 17.2 Å². The monoisotopic (exact) mass is 690 g/mol. The Morgan fingerprint density at radius 1 is 1.03 bits per heavy atom. The van der Waals surface area contributed by atoms with Crippen molar-refractivity contribution in [3.05, 3.63) is 83.5 Å². The normalized spacial score (nSPS) is 10.8. The molecule has 9 heteroatoms. The molecule has 0 aliphatic heterocycles. The predicted octanol–water partition coefficient (Wildman–Crippen LogP) is 5.84. The van der Waals surface area contributed by atoms with Crippen LogP contribution in [0.2, 0.25) is 5.02 Å². The molecule has 0 unspecified atom stereocenters. The molecule has 0 spiro atoms. The van der Waals surface area contributed by atoms with Gasteiger partial charge in [-0.1, -0.05) is 35.9 Å². The van der Waals surface area contributed by atoms with Crippen LogP contribution in [0.3, 0.4) is 0 Å². The van der Waals surface area contributed by atoms with Gasteiger partial charge in [-0.3, -0.25) is 4.79 Å². The number of hydrazone groups is 1. The lowest BCUT2D eigenvalue weighted by Gasteiger charge is -2.12. The number of rotatable bonds is 9. The second-order valence-corrected chi connectivity index (χ2v) is 9.58. The number of hydrogen-bond donors (Lipinski definition) is 1. The van der Waals surface area contributed by atoms with Gasteiger partial charge in [0.15, 0.2) is 11.5 Å².